The number of nitrogens with one attached hydrogen (secondary N) is 2. The molecule has 9 heteroatoms. The standard InChI is InChI=1S/C10H14F2N2O3S2/c1-2-13-4-5-14-9(15)8-7(3-6-18-8)19(16,17)10(11)12/h3,6,10,13H,2,4-5H2,1H3,(H,14,15). The maximum absolute atomic E-state index is 12.4. The second kappa shape index (κ2) is 6.92. The van der Waals surface area contributed by atoms with Gasteiger partial charge in [0.1, 0.15) is 4.88 Å². The SMILES string of the molecule is CCNCCNC(=O)c1sccc1S(=O)(=O)C(F)F. The Bertz CT molecular complexity index is 529. The van der Waals surface area contributed by atoms with Crippen LogP contribution in [0.4, 0.5) is 8.78 Å². The Hall–Kier alpha value is -1.06. The maximum atomic E-state index is 12.4. The summed E-state index contributed by atoms with van der Waals surface area (Å²) in [5, 5.41) is 6.73. The topological polar surface area (TPSA) is 75.3 Å². The highest BCUT2D eigenvalue weighted by Gasteiger charge is 2.31. The fourth-order valence-corrected chi connectivity index (χ4v) is 3.39. The first-order valence-corrected chi connectivity index (χ1v) is 7.92. The summed E-state index contributed by atoms with van der Waals surface area (Å²) in [5.41, 5.74) is 0. The molecule has 0 aliphatic heterocycles. The molecule has 0 atom stereocenters. The molecular formula is C10H14F2N2O3S2. The van der Waals surface area contributed by atoms with Crippen LogP contribution in [0.3, 0.4) is 0 Å². The summed E-state index contributed by atoms with van der Waals surface area (Å²) in [6.45, 7) is 3.44. The third kappa shape index (κ3) is 3.95. The smallest absolute Gasteiger partial charge is 0.341 e. The fraction of sp³-hybridized carbons (Fsp3) is 0.500. The molecule has 0 aromatic carbocycles. The molecule has 1 amide bonds. The molecule has 0 spiro atoms. The molecular weight excluding hydrogens is 298 g/mol. The molecule has 1 rings (SSSR count). The van der Waals surface area contributed by atoms with Crippen LogP contribution in [0, 0.1) is 0 Å². The third-order valence-electron chi connectivity index (χ3n) is 2.21. The van der Waals surface area contributed by atoms with Crippen molar-refractivity contribution in [3.63, 3.8) is 0 Å². The van der Waals surface area contributed by atoms with Crippen molar-refractivity contribution < 1.29 is 22.0 Å². The Labute approximate surface area is 113 Å². The first-order valence-electron chi connectivity index (χ1n) is 5.49. The second-order valence-corrected chi connectivity index (χ2v) is 6.33. The van der Waals surface area contributed by atoms with Crippen molar-refractivity contribution in [3.8, 4) is 0 Å². The predicted molar refractivity (Wildman–Crippen MR) is 68.4 cm³/mol. The molecule has 0 saturated heterocycles. The van der Waals surface area contributed by atoms with Crippen molar-refractivity contribution in [2.45, 2.75) is 17.6 Å². The molecule has 0 radical (unpaired) electrons. The molecule has 0 aliphatic rings. The minimum absolute atomic E-state index is 0.211. The summed E-state index contributed by atoms with van der Waals surface area (Å²) in [6.07, 6.45) is 0. The Morgan fingerprint density at radius 2 is 2.11 bits per heavy atom. The molecule has 108 valence electrons. The number of likely N-dealkylation sites (N-methyl/N-ethyl adjacent to an activating group) is 1. The number of halogens is 2. The van der Waals surface area contributed by atoms with Gasteiger partial charge in [0, 0.05) is 13.1 Å². The van der Waals surface area contributed by atoms with E-state index < -0.39 is 26.4 Å². The number of sulfone groups is 1. The van der Waals surface area contributed by atoms with E-state index >= 15 is 0 Å². The molecule has 2 N–H and O–H groups in total. The summed E-state index contributed by atoms with van der Waals surface area (Å²) in [6, 6.07) is 1.02. The van der Waals surface area contributed by atoms with Gasteiger partial charge in [-0.05, 0) is 18.0 Å². The average molecular weight is 312 g/mol. The molecule has 0 unspecified atom stereocenters. The van der Waals surface area contributed by atoms with Crippen molar-refractivity contribution >= 4 is 27.1 Å². The van der Waals surface area contributed by atoms with Gasteiger partial charge in [-0.2, -0.15) is 8.78 Å². The molecule has 0 fully saturated rings. The van der Waals surface area contributed by atoms with Crippen LogP contribution >= 0.6 is 11.3 Å². The molecule has 19 heavy (non-hydrogen) atoms. The zero-order valence-corrected chi connectivity index (χ0v) is 11.8. The monoisotopic (exact) mass is 312 g/mol. The zero-order chi connectivity index (χ0) is 14.5. The number of hydrogen-bond acceptors (Lipinski definition) is 5. The van der Waals surface area contributed by atoms with Gasteiger partial charge in [-0.3, -0.25) is 4.79 Å². The van der Waals surface area contributed by atoms with Gasteiger partial charge in [0.05, 0.1) is 4.90 Å². The van der Waals surface area contributed by atoms with E-state index in [-0.39, 0.29) is 4.88 Å². The van der Waals surface area contributed by atoms with Crippen LogP contribution in [0.5, 0.6) is 0 Å². The van der Waals surface area contributed by atoms with Crippen LogP contribution in [0.2, 0.25) is 0 Å². The minimum Gasteiger partial charge on any atom is -0.350 e. The second-order valence-electron chi connectivity index (χ2n) is 3.53. The summed E-state index contributed by atoms with van der Waals surface area (Å²) < 4.78 is 47.6. The fourth-order valence-electron chi connectivity index (χ4n) is 1.30. The van der Waals surface area contributed by atoms with E-state index in [0.29, 0.717) is 13.1 Å². The Kier molecular flexibility index (Phi) is 5.83. The van der Waals surface area contributed by atoms with Crippen LogP contribution in [0.15, 0.2) is 16.3 Å². The number of rotatable bonds is 7. The van der Waals surface area contributed by atoms with E-state index in [1.807, 2.05) is 6.92 Å². The van der Waals surface area contributed by atoms with Gasteiger partial charge in [0.15, 0.2) is 0 Å². The van der Waals surface area contributed by atoms with Crippen molar-refractivity contribution in [3.05, 3.63) is 16.3 Å². The molecule has 1 aromatic heterocycles. The van der Waals surface area contributed by atoms with Gasteiger partial charge in [-0.15, -0.1) is 11.3 Å². The maximum Gasteiger partial charge on any atom is 0.341 e. The Morgan fingerprint density at radius 3 is 2.68 bits per heavy atom. The van der Waals surface area contributed by atoms with E-state index in [0.717, 1.165) is 23.9 Å². The number of carbonyl (C=O) groups is 1. The summed E-state index contributed by atoms with van der Waals surface area (Å²) >= 11 is 0.821. The number of thiophene rings is 1. The normalized spacial score (nSPS) is 11.8. The average Bonchev–Trinajstić information content (AvgIpc) is 2.84. The van der Waals surface area contributed by atoms with Crippen LogP contribution in [-0.4, -0.2) is 39.7 Å². The number of alkyl halides is 2. The van der Waals surface area contributed by atoms with Crippen molar-refractivity contribution in [1.82, 2.24) is 10.6 Å². The van der Waals surface area contributed by atoms with Crippen LogP contribution in [-0.2, 0) is 9.84 Å². The zero-order valence-electron chi connectivity index (χ0n) is 10.2. The lowest BCUT2D eigenvalue weighted by Gasteiger charge is -2.06. The van der Waals surface area contributed by atoms with E-state index in [9.17, 15) is 22.0 Å². The number of hydrogen-bond donors (Lipinski definition) is 2. The van der Waals surface area contributed by atoms with Gasteiger partial charge in [-0.25, -0.2) is 8.42 Å². The van der Waals surface area contributed by atoms with E-state index in [1.165, 1.54) is 5.38 Å². The lowest BCUT2D eigenvalue weighted by Crippen LogP contribution is -2.32. The molecule has 0 aliphatic carbocycles. The molecule has 5 nitrogen and oxygen atoms in total. The molecule has 0 saturated carbocycles. The largest absolute Gasteiger partial charge is 0.350 e. The van der Waals surface area contributed by atoms with Crippen LogP contribution in [0.1, 0.15) is 16.6 Å². The summed E-state index contributed by atoms with van der Waals surface area (Å²) in [4.78, 5) is 10.9. The lowest BCUT2D eigenvalue weighted by atomic mass is 10.4. The van der Waals surface area contributed by atoms with Gasteiger partial charge in [-0.1, -0.05) is 6.92 Å². The minimum atomic E-state index is -4.74. The Balaban J connectivity index is 2.81. The summed E-state index contributed by atoms with van der Waals surface area (Å²) in [7, 11) is -4.74. The van der Waals surface area contributed by atoms with Gasteiger partial charge >= 0.3 is 5.76 Å². The number of carbonyl (C=O) groups excluding carboxylic acids is 1. The first kappa shape index (κ1) is 16.0. The van der Waals surface area contributed by atoms with Crippen LogP contribution < -0.4 is 10.6 Å². The van der Waals surface area contributed by atoms with Crippen molar-refractivity contribution in [2.75, 3.05) is 19.6 Å². The number of amides is 1. The lowest BCUT2D eigenvalue weighted by molar-refractivity contribution is 0.0955. The quantitative estimate of drug-likeness (QED) is 0.739. The van der Waals surface area contributed by atoms with E-state index in [1.54, 1.807) is 0 Å². The van der Waals surface area contributed by atoms with Crippen molar-refractivity contribution in [2.24, 2.45) is 0 Å². The van der Waals surface area contributed by atoms with Crippen LogP contribution in [0.25, 0.3) is 0 Å². The molecule has 1 heterocycles. The van der Waals surface area contributed by atoms with Gasteiger partial charge in [0.2, 0.25) is 9.84 Å². The highest BCUT2D eigenvalue weighted by atomic mass is 32.2. The first-order chi connectivity index (χ1) is 8.91. The highest BCUT2D eigenvalue weighted by Crippen LogP contribution is 2.26. The molecule has 0 bridgehead atoms. The van der Waals surface area contributed by atoms with Gasteiger partial charge < -0.3 is 10.6 Å². The summed E-state index contributed by atoms with van der Waals surface area (Å²) in [5.74, 6) is -4.19. The highest BCUT2D eigenvalue weighted by molar-refractivity contribution is 7.92. The van der Waals surface area contributed by atoms with E-state index in [2.05, 4.69) is 10.6 Å². The van der Waals surface area contributed by atoms with Crippen molar-refractivity contribution in [1.29, 1.82) is 0 Å². The third-order valence-corrected chi connectivity index (χ3v) is 4.68. The molecule has 1 aromatic rings. The Morgan fingerprint density at radius 1 is 1.42 bits per heavy atom. The van der Waals surface area contributed by atoms with E-state index in [4.69, 9.17) is 0 Å². The predicted octanol–water partition coefficient (Wildman–Crippen LogP) is 1.08. The van der Waals surface area contributed by atoms with Gasteiger partial charge in [0.25, 0.3) is 5.91 Å².